The molecule has 0 aliphatic carbocycles. The van der Waals surface area contributed by atoms with Gasteiger partial charge in [-0.15, -0.1) is 0 Å². The first-order valence-corrected chi connectivity index (χ1v) is 15.1. The van der Waals surface area contributed by atoms with Crippen LogP contribution >= 0.6 is 11.6 Å². The standard InChI is InChI=1S/C32H27ClFN3O3S/c33-28-14-8-7-13-27(28)30-35-31(41(38,39)26-17-15-25(34)16-18-26)32(40-30)37-21-19-36(20-22-37)29(23-9-3-1-4-10-23)24-11-5-2-6-12-24/h1-18,29H,19-22H2. The van der Waals surface area contributed by atoms with Gasteiger partial charge in [-0.3, -0.25) is 4.90 Å². The van der Waals surface area contributed by atoms with Crippen LogP contribution in [0.4, 0.5) is 10.3 Å². The van der Waals surface area contributed by atoms with Gasteiger partial charge in [-0.1, -0.05) is 84.4 Å². The molecule has 41 heavy (non-hydrogen) atoms. The summed E-state index contributed by atoms with van der Waals surface area (Å²) in [6.45, 7) is 2.34. The fourth-order valence-electron chi connectivity index (χ4n) is 5.22. The number of halogens is 2. The number of hydrogen-bond acceptors (Lipinski definition) is 6. The van der Waals surface area contributed by atoms with Crippen molar-refractivity contribution in [3.63, 3.8) is 0 Å². The van der Waals surface area contributed by atoms with Crippen molar-refractivity contribution in [1.29, 1.82) is 0 Å². The first kappa shape index (κ1) is 27.2. The maximum Gasteiger partial charge on any atom is 0.236 e. The molecule has 0 atom stereocenters. The Bertz CT molecular complexity index is 1700. The molecule has 6 nitrogen and oxygen atoms in total. The monoisotopic (exact) mass is 587 g/mol. The number of oxazole rings is 1. The number of anilines is 1. The van der Waals surface area contributed by atoms with E-state index in [1.54, 1.807) is 24.3 Å². The second-order valence-electron chi connectivity index (χ2n) is 9.81. The summed E-state index contributed by atoms with van der Waals surface area (Å²) >= 11 is 6.41. The Hall–Kier alpha value is -3.98. The van der Waals surface area contributed by atoms with Gasteiger partial charge in [0.15, 0.2) is 0 Å². The highest BCUT2D eigenvalue weighted by Crippen LogP contribution is 2.38. The van der Waals surface area contributed by atoms with Gasteiger partial charge < -0.3 is 9.32 Å². The van der Waals surface area contributed by atoms with Gasteiger partial charge in [0, 0.05) is 26.2 Å². The SMILES string of the molecule is O=S(=O)(c1ccc(F)cc1)c1nc(-c2ccccc2Cl)oc1N1CCN(C(c2ccccc2)c2ccccc2)CC1. The first-order valence-electron chi connectivity index (χ1n) is 13.3. The maximum absolute atomic E-state index is 13.8. The van der Waals surface area contributed by atoms with Crippen molar-refractivity contribution in [2.75, 3.05) is 31.1 Å². The lowest BCUT2D eigenvalue weighted by molar-refractivity contribution is 0.209. The molecule has 1 aliphatic rings. The van der Waals surface area contributed by atoms with Gasteiger partial charge in [0.25, 0.3) is 0 Å². The van der Waals surface area contributed by atoms with Crippen LogP contribution in [0.5, 0.6) is 0 Å². The summed E-state index contributed by atoms with van der Waals surface area (Å²) in [5.41, 5.74) is 2.86. The van der Waals surface area contributed by atoms with Crippen molar-refractivity contribution >= 4 is 27.3 Å². The van der Waals surface area contributed by atoms with Crippen molar-refractivity contribution < 1.29 is 17.2 Å². The van der Waals surface area contributed by atoms with Gasteiger partial charge in [-0.2, -0.15) is 4.98 Å². The molecule has 1 aliphatic heterocycles. The minimum absolute atomic E-state index is 0.0513. The molecule has 0 N–H and O–H groups in total. The van der Waals surface area contributed by atoms with Crippen LogP contribution in [-0.2, 0) is 9.84 Å². The molecule has 1 saturated heterocycles. The zero-order valence-electron chi connectivity index (χ0n) is 22.0. The van der Waals surface area contributed by atoms with Gasteiger partial charge in [-0.25, -0.2) is 12.8 Å². The van der Waals surface area contributed by atoms with Gasteiger partial charge in [-0.05, 0) is 47.5 Å². The van der Waals surface area contributed by atoms with Gasteiger partial charge >= 0.3 is 0 Å². The van der Waals surface area contributed by atoms with E-state index in [0.29, 0.717) is 36.8 Å². The topological polar surface area (TPSA) is 66.7 Å². The molecule has 9 heteroatoms. The number of nitrogens with zero attached hydrogens (tertiary/aromatic N) is 3. The molecule has 1 fully saturated rings. The van der Waals surface area contributed by atoms with Crippen molar-refractivity contribution in [3.8, 4) is 11.5 Å². The molecule has 5 aromatic rings. The Balaban J connectivity index is 1.35. The third-order valence-corrected chi connectivity index (χ3v) is 9.26. The fourth-order valence-corrected chi connectivity index (χ4v) is 6.75. The summed E-state index contributed by atoms with van der Waals surface area (Å²) in [5.74, 6) is -0.261. The van der Waals surface area contributed by atoms with E-state index >= 15 is 0 Å². The minimum atomic E-state index is -4.12. The van der Waals surface area contributed by atoms with Crippen LogP contribution in [0.15, 0.2) is 124 Å². The van der Waals surface area contributed by atoms with Crippen molar-refractivity contribution in [1.82, 2.24) is 9.88 Å². The van der Waals surface area contributed by atoms with Crippen LogP contribution in [0, 0.1) is 5.82 Å². The largest absolute Gasteiger partial charge is 0.419 e. The van der Waals surface area contributed by atoms with E-state index in [9.17, 15) is 12.8 Å². The summed E-state index contributed by atoms with van der Waals surface area (Å²) in [6.07, 6.45) is 0. The molecule has 208 valence electrons. The molecule has 0 spiro atoms. The number of rotatable bonds is 7. The van der Waals surface area contributed by atoms with E-state index in [0.717, 1.165) is 12.1 Å². The fraction of sp³-hybridized carbons (Fsp3) is 0.156. The second-order valence-corrected chi connectivity index (χ2v) is 12.1. The highest BCUT2D eigenvalue weighted by atomic mass is 35.5. The summed E-state index contributed by atoms with van der Waals surface area (Å²) in [4.78, 5) is 8.68. The Morgan fingerprint density at radius 2 is 1.32 bits per heavy atom. The predicted octanol–water partition coefficient (Wildman–Crippen LogP) is 6.88. The Morgan fingerprint density at radius 1 is 0.756 bits per heavy atom. The quantitative estimate of drug-likeness (QED) is 0.193. The average Bonchev–Trinajstić information content (AvgIpc) is 3.46. The smallest absolute Gasteiger partial charge is 0.236 e. The van der Waals surface area contributed by atoms with Gasteiger partial charge in [0.05, 0.1) is 21.5 Å². The second kappa shape index (κ2) is 11.5. The third-order valence-electron chi connectivity index (χ3n) is 7.26. The van der Waals surface area contributed by atoms with E-state index in [1.165, 1.54) is 23.3 Å². The number of sulfone groups is 1. The molecule has 4 aromatic carbocycles. The summed E-state index contributed by atoms with van der Waals surface area (Å²) < 4.78 is 47.3. The first-order chi connectivity index (χ1) is 19.9. The number of piperazine rings is 1. The molecule has 0 radical (unpaired) electrons. The number of benzene rings is 4. The van der Waals surface area contributed by atoms with Crippen LogP contribution < -0.4 is 4.90 Å². The van der Waals surface area contributed by atoms with E-state index in [2.05, 4.69) is 34.1 Å². The van der Waals surface area contributed by atoms with Crippen LogP contribution in [0.2, 0.25) is 5.02 Å². The molecule has 6 rings (SSSR count). The number of aromatic nitrogens is 1. The van der Waals surface area contributed by atoms with Crippen LogP contribution in [0.1, 0.15) is 17.2 Å². The summed E-state index contributed by atoms with van der Waals surface area (Å²) in [5, 5.41) is 0.180. The Labute approximate surface area is 243 Å². The van der Waals surface area contributed by atoms with Crippen LogP contribution in [0.25, 0.3) is 11.5 Å². The molecular weight excluding hydrogens is 561 g/mol. The van der Waals surface area contributed by atoms with E-state index < -0.39 is 15.7 Å². The highest BCUT2D eigenvalue weighted by molar-refractivity contribution is 7.91. The molecule has 1 aromatic heterocycles. The maximum atomic E-state index is 13.8. The summed E-state index contributed by atoms with van der Waals surface area (Å²) in [7, 11) is -4.12. The van der Waals surface area contributed by atoms with E-state index in [1.807, 2.05) is 41.3 Å². The van der Waals surface area contributed by atoms with Gasteiger partial charge in [0.1, 0.15) is 5.82 Å². The van der Waals surface area contributed by atoms with Crippen LogP contribution in [0.3, 0.4) is 0 Å². The van der Waals surface area contributed by atoms with Crippen molar-refractivity contribution in [2.45, 2.75) is 16.0 Å². The predicted molar refractivity (Wildman–Crippen MR) is 157 cm³/mol. The van der Waals surface area contributed by atoms with Crippen LogP contribution in [-0.4, -0.2) is 44.5 Å². The Kier molecular flexibility index (Phi) is 7.62. The summed E-state index contributed by atoms with van der Waals surface area (Å²) in [6, 6.07) is 32.4. The Morgan fingerprint density at radius 3 is 1.90 bits per heavy atom. The molecule has 0 saturated carbocycles. The normalized spacial score (nSPS) is 14.5. The van der Waals surface area contributed by atoms with E-state index in [4.69, 9.17) is 16.0 Å². The molecule has 0 amide bonds. The van der Waals surface area contributed by atoms with Crippen molar-refractivity contribution in [2.24, 2.45) is 0 Å². The molecule has 2 heterocycles. The third kappa shape index (κ3) is 5.51. The molecule has 0 bridgehead atoms. The lowest BCUT2D eigenvalue weighted by Gasteiger charge is -2.39. The van der Waals surface area contributed by atoms with Gasteiger partial charge in [0.2, 0.25) is 26.6 Å². The molecule has 0 unspecified atom stereocenters. The highest BCUT2D eigenvalue weighted by Gasteiger charge is 2.34. The van der Waals surface area contributed by atoms with E-state index in [-0.39, 0.29) is 27.7 Å². The molecular formula is C32H27ClFN3O3S. The van der Waals surface area contributed by atoms with Crippen molar-refractivity contribution in [3.05, 3.63) is 131 Å². The zero-order chi connectivity index (χ0) is 28.4. The average molecular weight is 588 g/mol. The lowest BCUT2D eigenvalue weighted by atomic mass is 9.96. The number of hydrogen-bond donors (Lipinski definition) is 0. The minimum Gasteiger partial charge on any atom is -0.419 e. The zero-order valence-corrected chi connectivity index (χ0v) is 23.6. The lowest BCUT2D eigenvalue weighted by Crippen LogP contribution is -2.48.